The molecule has 3 aliphatic rings. The number of hydrogen-bond acceptors (Lipinski definition) is 4. The zero-order valence-corrected chi connectivity index (χ0v) is 22.5. The van der Waals surface area contributed by atoms with Crippen molar-refractivity contribution >= 4 is 17.8 Å². The first kappa shape index (κ1) is 25.4. The number of methoxy groups -OCH3 is 1. The van der Waals surface area contributed by atoms with E-state index < -0.39 is 0 Å². The van der Waals surface area contributed by atoms with E-state index in [0.29, 0.717) is 37.0 Å². The minimum absolute atomic E-state index is 0.0120. The number of nitrogens with one attached hydrogen (secondary N) is 1. The Hall–Kier alpha value is -3.93. The van der Waals surface area contributed by atoms with Gasteiger partial charge in [-0.3, -0.25) is 9.59 Å². The van der Waals surface area contributed by atoms with Gasteiger partial charge < -0.3 is 15.0 Å². The van der Waals surface area contributed by atoms with Crippen LogP contribution in [0.15, 0.2) is 66.7 Å². The monoisotopic (exact) mass is 522 g/mol. The zero-order valence-electron chi connectivity index (χ0n) is 22.5. The van der Waals surface area contributed by atoms with E-state index in [1.54, 1.807) is 6.07 Å². The minimum atomic E-state index is -0.366. The molecular formula is C33H34N2O4. The van der Waals surface area contributed by atoms with E-state index in [2.05, 4.69) is 36.5 Å². The molecule has 6 heteroatoms. The summed E-state index contributed by atoms with van der Waals surface area (Å²) in [5, 5.41) is 3.18. The molecule has 2 unspecified atom stereocenters. The molecule has 0 saturated heterocycles. The predicted molar refractivity (Wildman–Crippen MR) is 149 cm³/mol. The van der Waals surface area contributed by atoms with Gasteiger partial charge in [0.15, 0.2) is 0 Å². The quantitative estimate of drug-likeness (QED) is 0.438. The largest absolute Gasteiger partial charge is 0.465 e. The predicted octanol–water partition coefficient (Wildman–Crippen LogP) is 5.10. The molecule has 3 aromatic rings. The van der Waals surface area contributed by atoms with Crippen molar-refractivity contribution in [2.75, 3.05) is 13.7 Å². The molecule has 0 radical (unpaired) electrons. The number of amides is 2. The Labute approximate surface area is 229 Å². The first-order valence-corrected chi connectivity index (χ1v) is 13.9. The maximum absolute atomic E-state index is 13.1. The average Bonchev–Trinajstić information content (AvgIpc) is 3.91. The Kier molecular flexibility index (Phi) is 6.71. The van der Waals surface area contributed by atoms with Crippen LogP contribution in [0.1, 0.15) is 58.3 Å². The fraction of sp³-hybridized carbons (Fsp3) is 0.364. The fourth-order valence-electron chi connectivity index (χ4n) is 6.06. The van der Waals surface area contributed by atoms with Gasteiger partial charge in [0.2, 0.25) is 11.8 Å². The third kappa shape index (κ3) is 5.08. The summed E-state index contributed by atoms with van der Waals surface area (Å²) in [6.07, 6.45) is 2.58. The lowest BCUT2D eigenvalue weighted by Crippen LogP contribution is -2.38. The molecule has 0 spiro atoms. The number of benzene rings is 3. The summed E-state index contributed by atoms with van der Waals surface area (Å²) >= 11 is 0. The summed E-state index contributed by atoms with van der Waals surface area (Å²) in [7, 11) is 1.38. The smallest absolute Gasteiger partial charge is 0.337 e. The van der Waals surface area contributed by atoms with Crippen LogP contribution < -0.4 is 5.32 Å². The van der Waals surface area contributed by atoms with E-state index in [9.17, 15) is 14.4 Å². The second kappa shape index (κ2) is 10.3. The number of esters is 1. The lowest BCUT2D eigenvalue weighted by atomic mass is 9.87. The second-order valence-corrected chi connectivity index (χ2v) is 11.2. The van der Waals surface area contributed by atoms with Crippen molar-refractivity contribution in [3.8, 4) is 11.1 Å². The van der Waals surface area contributed by atoms with Gasteiger partial charge in [0.05, 0.1) is 12.7 Å². The zero-order chi connectivity index (χ0) is 27.1. The van der Waals surface area contributed by atoms with Crippen molar-refractivity contribution in [2.24, 2.45) is 17.8 Å². The molecule has 3 aromatic carbocycles. The number of fused-ring (bicyclic) bond motifs is 1. The molecule has 1 aliphatic heterocycles. The Bertz CT molecular complexity index is 1430. The highest BCUT2D eigenvalue weighted by atomic mass is 16.5. The molecule has 2 amide bonds. The molecule has 200 valence electrons. The summed E-state index contributed by atoms with van der Waals surface area (Å²) in [6.45, 7) is 3.79. The van der Waals surface area contributed by atoms with Gasteiger partial charge in [-0.05, 0) is 76.6 Å². The highest BCUT2D eigenvalue weighted by Crippen LogP contribution is 2.47. The summed E-state index contributed by atoms with van der Waals surface area (Å²) in [5.41, 5.74) is 7.08. The number of hydrogen-bond donors (Lipinski definition) is 1. The second-order valence-electron chi connectivity index (χ2n) is 11.2. The molecule has 1 heterocycles. The number of rotatable bonds is 7. The van der Waals surface area contributed by atoms with Crippen molar-refractivity contribution in [2.45, 2.75) is 45.2 Å². The molecule has 1 N–H and O–H groups in total. The first-order valence-electron chi connectivity index (χ1n) is 13.9. The van der Waals surface area contributed by atoms with Crippen LogP contribution in [0.4, 0.5) is 0 Å². The Morgan fingerprint density at radius 1 is 0.949 bits per heavy atom. The molecule has 2 saturated carbocycles. The number of carbonyl (C=O) groups is 3. The highest BCUT2D eigenvalue weighted by molar-refractivity contribution is 5.91. The molecule has 4 atom stereocenters. The summed E-state index contributed by atoms with van der Waals surface area (Å²) in [4.78, 5) is 40.3. The molecule has 2 fully saturated rings. The molecular weight excluding hydrogens is 488 g/mol. The third-order valence-electron chi connectivity index (χ3n) is 8.65. The summed E-state index contributed by atoms with van der Waals surface area (Å²) < 4.78 is 4.93. The van der Waals surface area contributed by atoms with Crippen LogP contribution in [0, 0.1) is 17.8 Å². The van der Waals surface area contributed by atoms with Gasteiger partial charge in [-0.1, -0.05) is 61.5 Å². The van der Waals surface area contributed by atoms with Crippen LogP contribution >= 0.6 is 0 Å². The van der Waals surface area contributed by atoms with Crippen LogP contribution in [-0.2, 0) is 33.8 Å². The molecule has 39 heavy (non-hydrogen) atoms. The normalized spacial score (nSPS) is 23.0. The van der Waals surface area contributed by atoms with Crippen LogP contribution in [0.5, 0.6) is 0 Å². The van der Waals surface area contributed by atoms with Crippen molar-refractivity contribution < 1.29 is 19.1 Å². The SMILES string of the molecule is COC(=O)c1cccc(-c2ccc(CNC(=O)[C@@H]3C[C@H]3c3ccccc3)c3c2CCN(C(=O)C2CC2C)C3)c1. The van der Waals surface area contributed by atoms with Crippen molar-refractivity contribution in [3.05, 3.63) is 94.5 Å². The van der Waals surface area contributed by atoms with E-state index in [1.165, 1.54) is 18.2 Å². The first-order chi connectivity index (χ1) is 18.9. The molecule has 6 rings (SSSR count). The Morgan fingerprint density at radius 2 is 1.74 bits per heavy atom. The van der Waals surface area contributed by atoms with Gasteiger partial charge in [0.25, 0.3) is 0 Å². The van der Waals surface area contributed by atoms with E-state index in [1.807, 2.05) is 41.3 Å². The van der Waals surface area contributed by atoms with E-state index >= 15 is 0 Å². The fourth-order valence-corrected chi connectivity index (χ4v) is 6.06. The third-order valence-corrected chi connectivity index (χ3v) is 8.65. The molecule has 0 aromatic heterocycles. The summed E-state index contributed by atoms with van der Waals surface area (Å²) in [5.74, 6) is 0.860. The van der Waals surface area contributed by atoms with Gasteiger partial charge >= 0.3 is 5.97 Å². The van der Waals surface area contributed by atoms with Crippen molar-refractivity contribution in [3.63, 3.8) is 0 Å². The van der Waals surface area contributed by atoms with Crippen molar-refractivity contribution in [1.29, 1.82) is 0 Å². The van der Waals surface area contributed by atoms with E-state index in [0.717, 1.165) is 41.5 Å². The Morgan fingerprint density at radius 3 is 2.49 bits per heavy atom. The topological polar surface area (TPSA) is 75.7 Å². The summed E-state index contributed by atoms with van der Waals surface area (Å²) in [6, 6.07) is 21.9. The van der Waals surface area contributed by atoms with E-state index in [4.69, 9.17) is 4.74 Å². The number of nitrogens with zero attached hydrogens (tertiary/aromatic N) is 1. The Balaban J connectivity index is 1.26. The van der Waals surface area contributed by atoms with Crippen LogP contribution in [-0.4, -0.2) is 36.3 Å². The minimum Gasteiger partial charge on any atom is -0.465 e. The van der Waals surface area contributed by atoms with Crippen molar-refractivity contribution in [1.82, 2.24) is 10.2 Å². The highest BCUT2D eigenvalue weighted by Gasteiger charge is 2.44. The lowest BCUT2D eigenvalue weighted by molar-refractivity contribution is -0.133. The van der Waals surface area contributed by atoms with Gasteiger partial charge in [0.1, 0.15) is 0 Å². The van der Waals surface area contributed by atoms with Gasteiger partial charge in [-0.2, -0.15) is 0 Å². The standard InChI is InChI=1S/C33H34N2O4/c1-20-15-27(20)32(37)35-14-13-26-25(22-9-6-10-23(16-22)33(38)39-2)12-11-24(30(26)19-35)18-34-31(36)29-17-28(29)21-7-4-3-5-8-21/h3-12,16,20,27-29H,13-15,17-19H2,1-2H3,(H,34,36)/t20?,27?,28-,29+/m0/s1. The average molecular weight is 523 g/mol. The van der Waals surface area contributed by atoms with Crippen LogP contribution in [0.25, 0.3) is 11.1 Å². The van der Waals surface area contributed by atoms with Gasteiger partial charge in [-0.25, -0.2) is 4.79 Å². The maximum Gasteiger partial charge on any atom is 0.337 e. The van der Waals surface area contributed by atoms with Gasteiger partial charge in [-0.15, -0.1) is 0 Å². The lowest BCUT2D eigenvalue weighted by Gasteiger charge is -2.32. The van der Waals surface area contributed by atoms with Gasteiger partial charge in [0, 0.05) is 31.5 Å². The van der Waals surface area contributed by atoms with Crippen LogP contribution in [0.3, 0.4) is 0 Å². The number of ether oxygens (including phenoxy) is 1. The molecule has 2 aliphatic carbocycles. The van der Waals surface area contributed by atoms with Crippen LogP contribution in [0.2, 0.25) is 0 Å². The number of carbonyl (C=O) groups excluding carboxylic acids is 3. The molecule has 0 bridgehead atoms. The van der Waals surface area contributed by atoms with E-state index in [-0.39, 0.29) is 29.6 Å². The maximum atomic E-state index is 13.1. The molecule has 6 nitrogen and oxygen atoms in total.